The molecule has 86 valence electrons. The third-order valence-corrected chi connectivity index (χ3v) is 1.86. The molecule has 0 radical (unpaired) electrons. The van der Waals surface area contributed by atoms with Crippen LogP contribution >= 0.6 is 8.60 Å². The molecule has 0 aliphatic rings. The Labute approximate surface area is 86.2 Å². The molecule has 6 heteroatoms. The Hall–Kier alpha value is 0.230. The maximum Gasteiger partial charge on any atom is 0.389 e. The van der Waals surface area contributed by atoms with Crippen molar-refractivity contribution in [3.05, 3.63) is 0 Å². The van der Waals surface area contributed by atoms with Crippen LogP contribution < -0.4 is 0 Å². The summed E-state index contributed by atoms with van der Waals surface area (Å²) in [6.45, 7) is 4.98. The van der Waals surface area contributed by atoms with Crippen LogP contribution in [-0.4, -0.2) is 18.1 Å². The van der Waals surface area contributed by atoms with Gasteiger partial charge in [-0.1, -0.05) is 26.7 Å². The van der Waals surface area contributed by atoms with E-state index >= 15 is 0 Å². The van der Waals surface area contributed by atoms with Crippen LogP contribution in [0.2, 0.25) is 0 Å². The molecule has 0 fully saturated rings. The lowest BCUT2D eigenvalue weighted by Gasteiger charge is -2.07. The Balaban J connectivity index is 3.07. The van der Waals surface area contributed by atoms with Crippen molar-refractivity contribution in [1.82, 2.24) is 0 Å². The van der Waals surface area contributed by atoms with Crippen molar-refractivity contribution < 1.29 is 24.0 Å². The summed E-state index contributed by atoms with van der Waals surface area (Å²) in [5, 5.41) is 0. The number of hydrogen-bond donors (Lipinski definition) is 1. The summed E-state index contributed by atoms with van der Waals surface area (Å²) in [6, 6.07) is 0. The molecule has 0 aliphatic heterocycles. The highest BCUT2D eigenvalue weighted by molar-refractivity contribution is 7.40. The summed E-state index contributed by atoms with van der Waals surface area (Å²) in [4.78, 5) is 18.4. The van der Waals surface area contributed by atoms with Crippen LogP contribution in [-0.2, 0) is 19.1 Å². The minimum atomic E-state index is -2.06. The van der Waals surface area contributed by atoms with E-state index in [0.717, 1.165) is 25.7 Å². The van der Waals surface area contributed by atoms with Gasteiger partial charge in [-0.2, -0.15) is 9.35 Å². The second-order valence-electron chi connectivity index (χ2n) is 2.74. The fraction of sp³-hybridized carbons (Fsp3) is 1.00. The van der Waals surface area contributed by atoms with Gasteiger partial charge in [0.2, 0.25) is 0 Å². The molecule has 0 amide bonds. The van der Waals surface area contributed by atoms with E-state index in [1.54, 1.807) is 0 Å². The SMILES string of the molecule is CCCCOOP(O)OOCCCC. The lowest BCUT2D eigenvalue weighted by atomic mass is 10.4. The first kappa shape index (κ1) is 14.2. The maximum absolute atomic E-state index is 9.02. The van der Waals surface area contributed by atoms with Crippen molar-refractivity contribution in [2.75, 3.05) is 13.2 Å². The van der Waals surface area contributed by atoms with E-state index < -0.39 is 8.60 Å². The van der Waals surface area contributed by atoms with Crippen molar-refractivity contribution in [1.29, 1.82) is 0 Å². The van der Waals surface area contributed by atoms with Crippen molar-refractivity contribution in [2.24, 2.45) is 0 Å². The summed E-state index contributed by atoms with van der Waals surface area (Å²) >= 11 is 0. The molecule has 0 aliphatic carbocycles. The van der Waals surface area contributed by atoms with Crippen molar-refractivity contribution in [3.63, 3.8) is 0 Å². The van der Waals surface area contributed by atoms with Crippen LogP contribution in [0.15, 0.2) is 0 Å². The molecule has 0 aromatic carbocycles. The Morgan fingerprint density at radius 2 is 1.36 bits per heavy atom. The molecule has 0 spiro atoms. The van der Waals surface area contributed by atoms with E-state index in [0.29, 0.717) is 13.2 Å². The van der Waals surface area contributed by atoms with Crippen molar-refractivity contribution >= 4 is 8.60 Å². The highest BCUT2D eigenvalue weighted by atomic mass is 31.2. The number of hydrogen-bond acceptors (Lipinski definition) is 5. The molecule has 14 heavy (non-hydrogen) atoms. The fourth-order valence-corrected chi connectivity index (χ4v) is 0.938. The van der Waals surface area contributed by atoms with Gasteiger partial charge in [0.05, 0.1) is 13.2 Å². The molecule has 0 aromatic heterocycles. The zero-order valence-electron chi connectivity index (χ0n) is 8.77. The van der Waals surface area contributed by atoms with E-state index in [2.05, 4.69) is 19.1 Å². The van der Waals surface area contributed by atoms with Crippen LogP contribution in [0.5, 0.6) is 0 Å². The van der Waals surface area contributed by atoms with Crippen molar-refractivity contribution in [3.8, 4) is 0 Å². The van der Waals surface area contributed by atoms with Gasteiger partial charge in [-0.15, -0.1) is 0 Å². The maximum atomic E-state index is 9.02. The van der Waals surface area contributed by atoms with Crippen molar-refractivity contribution in [2.45, 2.75) is 39.5 Å². The molecular weight excluding hydrogens is 207 g/mol. The van der Waals surface area contributed by atoms with Gasteiger partial charge >= 0.3 is 8.60 Å². The minimum Gasteiger partial charge on any atom is -0.325 e. The molecule has 5 nitrogen and oxygen atoms in total. The van der Waals surface area contributed by atoms with E-state index in [1.165, 1.54) is 0 Å². The number of unbranched alkanes of at least 4 members (excludes halogenated alkanes) is 2. The van der Waals surface area contributed by atoms with Crippen LogP contribution in [0.1, 0.15) is 39.5 Å². The van der Waals surface area contributed by atoms with Crippen LogP contribution in [0.3, 0.4) is 0 Å². The molecule has 0 bridgehead atoms. The fourth-order valence-electron chi connectivity index (χ4n) is 0.584. The van der Waals surface area contributed by atoms with E-state index in [-0.39, 0.29) is 0 Å². The van der Waals surface area contributed by atoms with E-state index in [4.69, 9.17) is 4.89 Å². The monoisotopic (exact) mass is 226 g/mol. The Morgan fingerprint density at radius 3 is 1.71 bits per heavy atom. The normalized spacial score (nSPS) is 11.1. The molecular formula is C8H19O5P. The molecule has 0 saturated heterocycles. The first-order chi connectivity index (χ1) is 6.81. The van der Waals surface area contributed by atoms with Gasteiger partial charge in [-0.3, -0.25) is 0 Å². The van der Waals surface area contributed by atoms with Crippen LogP contribution in [0.25, 0.3) is 0 Å². The topological polar surface area (TPSA) is 57.2 Å². The molecule has 0 atom stereocenters. The summed E-state index contributed by atoms with van der Waals surface area (Å²) in [7, 11) is -2.06. The second-order valence-corrected chi connectivity index (χ2v) is 3.51. The predicted molar refractivity (Wildman–Crippen MR) is 53.0 cm³/mol. The Bertz CT molecular complexity index is 102. The van der Waals surface area contributed by atoms with Crippen LogP contribution in [0.4, 0.5) is 0 Å². The Kier molecular flexibility index (Phi) is 11.5. The third-order valence-electron chi connectivity index (χ3n) is 1.40. The zero-order valence-corrected chi connectivity index (χ0v) is 9.66. The quantitative estimate of drug-likeness (QED) is 0.268. The molecule has 1 N–H and O–H groups in total. The van der Waals surface area contributed by atoms with Gasteiger partial charge in [-0.25, -0.2) is 9.78 Å². The van der Waals surface area contributed by atoms with E-state index in [1.807, 2.05) is 13.8 Å². The summed E-state index contributed by atoms with van der Waals surface area (Å²) < 4.78 is 8.99. The molecule has 0 heterocycles. The molecule has 0 rings (SSSR count). The van der Waals surface area contributed by atoms with Gasteiger partial charge < -0.3 is 4.89 Å². The minimum absolute atomic E-state index is 0.453. The predicted octanol–water partition coefficient (Wildman–Crippen LogP) is 2.70. The van der Waals surface area contributed by atoms with Crippen LogP contribution in [0, 0.1) is 0 Å². The van der Waals surface area contributed by atoms with Gasteiger partial charge in [0.25, 0.3) is 0 Å². The van der Waals surface area contributed by atoms with Gasteiger partial charge in [0, 0.05) is 0 Å². The second kappa shape index (κ2) is 11.3. The third kappa shape index (κ3) is 10.3. The highest BCUT2D eigenvalue weighted by Gasteiger charge is 2.08. The highest BCUT2D eigenvalue weighted by Crippen LogP contribution is 2.33. The lowest BCUT2D eigenvalue weighted by molar-refractivity contribution is -0.267. The summed E-state index contributed by atoms with van der Waals surface area (Å²) in [5.74, 6) is 0. The van der Waals surface area contributed by atoms with Gasteiger partial charge in [0.15, 0.2) is 0 Å². The molecule has 0 saturated carbocycles. The molecule has 0 aromatic rings. The average molecular weight is 226 g/mol. The van der Waals surface area contributed by atoms with Gasteiger partial charge in [0.1, 0.15) is 0 Å². The lowest BCUT2D eigenvalue weighted by Crippen LogP contribution is -1.97. The zero-order chi connectivity index (χ0) is 10.6. The summed E-state index contributed by atoms with van der Waals surface area (Å²) in [5.41, 5.74) is 0. The van der Waals surface area contributed by atoms with E-state index in [9.17, 15) is 0 Å². The first-order valence-electron chi connectivity index (χ1n) is 4.89. The Morgan fingerprint density at radius 1 is 0.929 bits per heavy atom. The smallest absolute Gasteiger partial charge is 0.325 e. The first-order valence-corrected chi connectivity index (χ1v) is 6.02. The van der Waals surface area contributed by atoms with Gasteiger partial charge in [-0.05, 0) is 12.8 Å². The largest absolute Gasteiger partial charge is 0.389 e. The average Bonchev–Trinajstić information content (AvgIpc) is 2.19. The molecule has 0 unspecified atom stereocenters. The standard InChI is InChI=1S/C8H19O5P/c1-3-5-7-10-12-14(9)13-11-8-6-4-2/h9H,3-8H2,1-2H3. The summed E-state index contributed by atoms with van der Waals surface area (Å²) in [6.07, 6.45) is 3.81. The number of rotatable bonds is 10.